The lowest BCUT2D eigenvalue weighted by molar-refractivity contribution is -0.0493. The number of carbonyl (C=O) groups is 1. The summed E-state index contributed by atoms with van der Waals surface area (Å²) in [6, 6.07) is 14.6. The van der Waals surface area contributed by atoms with Crippen molar-refractivity contribution in [3.8, 4) is 17.2 Å². The molecular weight excluding hydrogens is 384 g/mol. The van der Waals surface area contributed by atoms with E-state index in [-0.39, 0.29) is 23.8 Å². The number of nitrogens with one attached hydrogen (secondary N) is 1. The molecule has 0 saturated heterocycles. The number of ether oxygens (including phenoxy) is 3. The van der Waals surface area contributed by atoms with Crippen LogP contribution in [-0.2, 0) is 6.61 Å². The molecule has 1 amide bonds. The van der Waals surface area contributed by atoms with Crippen LogP contribution in [0.2, 0.25) is 0 Å². The van der Waals surface area contributed by atoms with E-state index in [4.69, 9.17) is 13.9 Å². The molecule has 0 atom stereocenters. The first-order chi connectivity index (χ1) is 13.9. The fourth-order valence-corrected chi connectivity index (χ4v) is 2.55. The number of hydrogen-bond donors (Lipinski definition) is 1. The van der Waals surface area contributed by atoms with Gasteiger partial charge in [0, 0.05) is 6.07 Å². The molecule has 3 rings (SSSR count). The summed E-state index contributed by atoms with van der Waals surface area (Å²) in [4.78, 5) is 12.4. The largest absolute Gasteiger partial charge is 0.497 e. The Morgan fingerprint density at radius 2 is 1.90 bits per heavy atom. The summed E-state index contributed by atoms with van der Waals surface area (Å²) in [6.07, 6.45) is 0. The average molecular weight is 403 g/mol. The van der Waals surface area contributed by atoms with E-state index in [1.807, 2.05) is 0 Å². The van der Waals surface area contributed by atoms with Crippen molar-refractivity contribution in [3.63, 3.8) is 0 Å². The summed E-state index contributed by atoms with van der Waals surface area (Å²) in [6.45, 7) is -1.13. The van der Waals surface area contributed by atoms with Crippen LogP contribution < -0.4 is 19.5 Å². The number of methoxy groups -OCH3 is 1. The standard InChI is InChI=1S/C21H19F2NO5/c1-13-6-8-18(29-21(22)23)17(10-13)24-20(25)19-9-7-16(28-19)12-27-15-5-3-4-14(11-15)26-2/h3-11,21H,12H2,1-2H3,(H,24,25). The highest BCUT2D eigenvalue weighted by Gasteiger charge is 2.16. The second-order valence-corrected chi connectivity index (χ2v) is 6.07. The quantitative estimate of drug-likeness (QED) is 0.571. The third-order valence-corrected chi connectivity index (χ3v) is 3.91. The lowest BCUT2D eigenvalue weighted by Gasteiger charge is -2.12. The third kappa shape index (κ3) is 5.47. The maximum atomic E-state index is 12.6. The highest BCUT2D eigenvalue weighted by molar-refractivity contribution is 6.03. The number of carbonyl (C=O) groups excluding carboxylic acids is 1. The summed E-state index contributed by atoms with van der Waals surface area (Å²) >= 11 is 0. The van der Waals surface area contributed by atoms with E-state index in [9.17, 15) is 13.6 Å². The van der Waals surface area contributed by atoms with E-state index in [1.54, 1.807) is 50.4 Å². The van der Waals surface area contributed by atoms with Crippen LogP contribution in [0, 0.1) is 6.92 Å². The maximum Gasteiger partial charge on any atom is 0.387 e. The summed E-state index contributed by atoms with van der Waals surface area (Å²) in [5.41, 5.74) is 0.898. The first kappa shape index (κ1) is 20.2. The highest BCUT2D eigenvalue weighted by atomic mass is 19.3. The number of hydrogen-bond acceptors (Lipinski definition) is 5. The van der Waals surface area contributed by atoms with Crippen molar-refractivity contribution in [2.24, 2.45) is 0 Å². The highest BCUT2D eigenvalue weighted by Crippen LogP contribution is 2.28. The molecule has 0 radical (unpaired) electrons. The van der Waals surface area contributed by atoms with Crippen molar-refractivity contribution >= 4 is 11.6 Å². The van der Waals surface area contributed by atoms with Gasteiger partial charge in [0.1, 0.15) is 29.6 Å². The van der Waals surface area contributed by atoms with E-state index in [0.29, 0.717) is 17.3 Å². The van der Waals surface area contributed by atoms with Crippen LogP contribution in [0.1, 0.15) is 21.9 Å². The zero-order valence-corrected chi connectivity index (χ0v) is 15.8. The van der Waals surface area contributed by atoms with Crippen LogP contribution in [-0.4, -0.2) is 19.6 Å². The number of alkyl halides is 2. The van der Waals surface area contributed by atoms with Gasteiger partial charge in [-0.1, -0.05) is 12.1 Å². The number of amides is 1. The van der Waals surface area contributed by atoms with Gasteiger partial charge in [-0.05, 0) is 48.9 Å². The Morgan fingerprint density at radius 3 is 2.66 bits per heavy atom. The number of aryl methyl sites for hydroxylation is 1. The Kier molecular flexibility index (Phi) is 6.33. The molecule has 152 valence electrons. The molecule has 0 aliphatic heterocycles. The molecule has 29 heavy (non-hydrogen) atoms. The molecule has 8 heteroatoms. The van der Waals surface area contributed by atoms with E-state index in [2.05, 4.69) is 10.1 Å². The summed E-state index contributed by atoms with van der Waals surface area (Å²) in [5, 5.41) is 2.53. The van der Waals surface area contributed by atoms with Gasteiger partial charge in [0.25, 0.3) is 5.91 Å². The average Bonchev–Trinajstić information content (AvgIpc) is 3.17. The Morgan fingerprint density at radius 1 is 1.10 bits per heavy atom. The van der Waals surface area contributed by atoms with Gasteiger partial charge in [-0.2, -0.15) is 8.78 Å². The normalized spacial score (nSPS) is 10.7. The molecule has 0 fully saturated rings. The summed E-state index contributed by atoms with van der Waals surface area (Å²) < 4.78 is 45.8. The van der Waals surface area contributed by atoms with Gasteiger partial charge in [-0.25, -0.2) is 0 Å². The van der Waals surface area contributed by atoms with Crippen molar-refractivity contribution in [2.45, 2.75) is 20.1 Å². The molecule has 1 aromatic heterocycles. The van der Waals surface area contributed by atoms with Gasteiger partial charge in [0.15, 0.2) is 5.76 Å². The van der Waals surface area contributed by atoms with Crippen molar-refractivity contribution in [1.82, 2.24) is 0 Å². The second kappa shape index (κ2) is 9.09. The van der Waals surface area contributed by atoms with Crippen molar-refractivity contribution < 1.29 is 32.2 Å². The third-order valence-electron chi connectivity index (χ3n) is 3.91. The molecule has 0 unspecified atom stereocenters. The van der Waals surface area contributed by atoms with Gasteiger partial charge in [0.2, 0.25) is 0 Å². The van der Waals surface area contributed by atoms with Gasteiger partial charge >= 0.3 is 6.61 Å². The molecule has 0 saturated carbocycles. The zero-order valence-electron chi connectivity index (χ0n) is 15.8. The van der Waals surface area contributed by atoms with Crippen molar-refractivity contribution in [3.05, 3.63) is 71.7 Å². The van der Waals surface area contributed by atoms with Gasteiger partial charge < -0.3 is 23.9 Å². The topological polar surface area (TPSA) is 69.9 Å². The molecule has 1 heterocycles. The maximum absolute atomic E-state index is 12.6. The van der Waals surface area contributed by atoms with Crippen molar-refractivity contribution in [1.29, 1.82) is 0 Å². The van der Waals surface area contributed by atoms with Crippen LogP contribution in [0.4, 0.5) is 14.5 Å². The molecule has 1 N–H and O–H groups in total. The predicted octanol–water partition coefficient (Wildman–Crippen LogP) is 5.03. The number of anilines is 1. The van der Waals surface area contributed by atoms with Crippen LogP contribution in [0.5, 0.6) is 17.2 Å². The number of benzene rings is 2. The summed E-state index contributed by atoms with van der Waals surface area (Å²) in [7, 11) is 1.56. The van der Waals surface area contributed by atoms with Crippen LogP contribution >= 0.6 is 0 Å². The van der Waals surface area contributed by atoms with Gasteiger partial charge in [-0.3, -0.25) is 4.79 Å². The molecule has 0 bridgehead atoms. The minimum atomic E-state index is -3.00. The minimum absolute atomic E-state index is 0.0127. The fraction of sp³-hybridized carbons (Fsp3) is 0.190. The predicted molar refractivity (Wildman–Crippen MR) is 102 cm³/mol. The Labute approximate surface area is 166 Å². The van der Waals surface area contributed by atoms with E-state index in [0.717, 1.165) is 5.56 Å². The molecule has 3 aromatic rings. The fourth-order valence-electron chi connectivity index (χ4n) is 2.55. The molecule has 0 aliphatic carbocycles. The molecule has 0 spiro atoms. The van der Waals surface area contributed by atoms with Gasteiger partial charge in [-0.15, -0.1) is 0 Å². The molecule has 2 aromatic carbocycles. The Balaban J connectivity index is 1.66. The monoisotopic (exact) mass is 403 g/mol. The lowest BCUT2D eigenvalue weighted by Crippen LogP contribution is -2.13. The molecular formula is C21H19F2NO5. The number of halogens is 2. The van der Waals surface area contributed by atoms with Crippen LogP contribution in [0.3, 0.4) is 0 Å². The van der Waals surface area contributed by atoms with E-state index < -0.39 is 12.5 Å². The first-order valence-corrected chi connectivity index (χ1v) is 8.67. The minimum Gasteiger partial charge on any atom is -0.497 e. The SMILES string of the molecule is COc1cccc(OCc2ccc(C(=O)Nc3cc(C)ccc3OC(F)F)o2)c1. The summed E-state index contributed by atoms with van der Waals surface area (Å²) in [5.74, 6) is 0.946. The second-order valence-electron chi connectivity index (χ2n) is 6.07. The van der Waals surface area contributed by atoms with Crippen LogP contribution in [0.25, 0.3) is 0 Å². The number of furan rings is 1. The first-order valence-electron chi connectivity index (χ1n) is 8.67. The Hall–Kier alpha value is -3.55. The zero-order chi connectivity index (χ0) is 20.8. The van der Waals surface area contributed by atoms with E-state index >= 15 is 0 Å². The lowest BCUT2D eigenvalue weighted by atomic mass is 10.2. The molecule has 6 nitrogen and oxygen atoms in total. The molecule has 0 aliphatic rings. The van der Waals surface area contributed by atoms with Crippen molar-refractivity contribution in [2.75, 3.05) is 12.4 Å². The van der Waals surface area contributed by atoms with Gasteiger partial charge in [0.05, 0.1) is 12.8 Å². The Bertz CT molecular complexity index is 987. The smallest absolute Gasteiger partial charge is 0.387 e. The van der Waals surface area contributed by atoms with E-state index in [1.165, 1.54) is 18.2 Å². The van der Waals surface area contributed by atoms with Crippen LogP contribution in [0.15, 0.2) is 59.0 Å². The number of rotatable bonds is 8.